The second kappa shape index (κ2) is 4.52. The van der Waals surface area contributed by atoms with Gasteiger partial charge >= 0.3 is 12.4 Å². The molecule has 18 heavy (non-hydrogen) atoms. The van der Waals surface area contributed by atoms with E-state index in [1.54, 1.807) is 0 Å². The van der Waals surface area contributed by atoms with E-state index in [0.717, 1.165) is 0 Å². The van der Waals surface area contributed by atoms with Gasteiger partial charge in [0.2, 0.25) is 0 Å². The molecule has 0 heterocycles. The van der Waals surface area contributed by atoms with Crippen LogP contribution in [0.4, 0.5) is 30.7 Å². The van der Waals surface area contributed by atoms with Gasteiger partial charge in [-0.25, -0.2) is 4.39 Å². The molecule has 0 unspecified atom stereocenters. The Morgan fingerprint density at radius 2 is 1.56 bits per heavy atom. The highest BCUT2D eigenvalue weighted by atomic mass is 79.9. The predicted octanol–water partition coefficient (Wildman–Crippen LogP) is 4.35. The van der Waals surface area contributed by atoms with Gasteiger partial charge in [0.25, 0.3) is 5.78 Å². The zero-order chi connectivity index (χ0) is 14.3. The molecule has 9 heteroatoms. The van der Waals surface area contributed by atoms with Gasteiger partial charge in [0.05, 0.1) is 15.6 Å². The highest BCUT2D eigenvalue weighted by molar-refractivity contribution is 9.10. The molecule has 0 radical (unpaired) electrons. The molecule has 1 nitrogen and oxygen atoms in total. The van der Waals surface area contributed by atoms with Gasteiger partial charge in [-0.2, -0.15) is 26.3 Å². The summed E-state index contributed by atoms with van der Waals surface area (Å²) in [5, 5.41) is 0. The van der Waals surface area contributed by atoms with E-state index in [9.17, 15) is 35.5 Å². The summed E-state index contributed by atoms with van der Waals surface area (Å²) in [4.78, 5) is 10.8. The van der Waals surface area contributed by atoms with E-state index in [1.807, 2.05) is 0 Å². The topological polar surface area (TPSA) is 17.1 Å². The van der Waals surface area contributed by atoms with Gasteiger partial charge in [-0.05, 0) is 28.1 Å². The molecule has 0 spiro atoms. The van der Waals surface area contributed by atoms with E-state index < -0.39 is 39.6 Å². The molecule has 0 saturated carbocycles. The summed E-state index contributed by atoms with van der Waals surface area (Å²) >= 11 is 2.33. The fraction of sp³-hybridized carbons (Fsp3) is 0.222. The van der Waals surface area contributed by atoms with Gasteiger partial charge in [0, 0.05) is 0 Å². The molecule has 0 N–H and O–H groups in total. The number of benzene rings is 1. The average Bonchev–Trinajstić information content (AvgIpc) is 2.17. The normalized spacial score (nSPS) is 12.7. The lowest BCUT2D eigenvalue weighted by molar-refractivity contribution is -0.137. The SMILES string of the molecule is O=C(c1cc(C(F)(F)F)cc(Br)c1F)C(F)(F)F. The maximum atomic E-state index is 13.2. The Kier molecular flexibility index (Phi) is 3.75. The van der Waals surface area contributed by atoms with E-state index in [1.165, 1.54) is 0 Å². The van der Waals surface area contributed by atoms with Crippen molar-refractivity contribution in [1.29, 1.82) is 0 Å². The van der Waals surface area contributed by atoms with Crippen molar-refractivity contribution < 1.29 is 35.5 Å². The Morgan fingerprint density at radius 1 is 1.06 bits per heavy atom. The number of alkyl halides is 6. The van der Waals surface area contributed by atoms with E-state index in [-0.39, 0.29) is 12.1 Å². The number of Topliss-reactive ketones (excluding diaryl/α,β-unsaturated/α-hetero) is 1. The molecule has 0 aromatic heterocycles. The van der Waals surface area contributed by atoms with E-state index >= 15 is 0 Å². The Hall–Kier alpha value is -1.12. The minimum atomic E-state index is -5.45. The lowest BCUT2D eigenvalue weighted by Gasteiger charge is -2.12. The number of carbonyl (C=O) groups excluding carboxylic acids is 1. The minimum Gasteiger partial charge on any atom is -0.284 e. The number of carbonyl (C=O) groups is 1. The molecule has 1 aromatic rings. The van der Waals surface area contributed by atoms with Gasteiger partial charge < -0.3 is 0 Å². The first-order chi connectivity index (χ1) is 7.94. The molecule has 0 saturated heterocycles. The third kappa shape index (κ3) is 3.01. The Balaban J connectivity index is 3.46. The molecule has 100 valence electrons. The van der Waals surface area contributed by atoms with Crippen LogP contribution in [0.3, 0.4) is 0 Å². The molecule has 0 amide bonds. The van der Waals surface area contributed by atoms with Gasteiger partial charge in [0.15, 0.2) is 0 Å². The molecule has 0 aliphatic carbocycles. The molecule has 0 atom stereocenters. The van der Waals surface area contributed by atoms with Crippen molar-refractivity contribution in [3.05, 3.63) is 33.5 Å². The van der Waals surface area contributed by atoms with Crippen molar-refractivity contribution >= 4 is 21.7 Å². The molecule has 0 aliphatic heterocycles. The van der Waals surface area contributed by atoms with Gasteiger partial charge in [-0.15, -0.1) is 0 Å². The summed E-state index contributed by atoms with van der Waals surface area (Å²) in [6.07, 6.45) is -10.4. The van der Waals surface area contributed by atoms with Gasteiger partial charge in [-0.3, -0.25) is 4.79 Å². The molecule has 0 fully saturated rings. The fourth-order valence-corrected chi connectivity index (χ4v) is 1.53. The number of ketones is 1. The quantitative estimate of drug-likeness (QED) is 0.549. The lowest BCUT2D eigenvalue weighted by atomic mass is 10.1. The summed E-state index contributed by atoms with van der Waals surface area (Å²) in [5.74, 6) is -4.36. The monoisotopic (exact) mass is 338 g/mol. The first kappa shape index (κ1) is 14.9. The second-order valence-electron chi connectivity index (χ2n) is 3.14. The van der Waals surface area contributed by atoms with Crippen molar-refractivity contribution in [3.63, 3.8) is 0 Å². The summed E-state index contributed by atoms with van der Waals surface area (Å²) < 4.78 is 85.4. The molecule has 1 rings (SSSR count). The highest BCUT2D eigenvalue weighted by Crippen LogP contribution is 2.35. The molecule has 1 aromatic carbocycles. The van der Waals surface area contributed by atoms with Crippen LogP contribution in [0.1, 0.15) is 15.9 Å². The van der Waals surface area contributed by atoms with Gasteiger partial charge in [-0.1, -0.05) is 0 Å². The van der Waals surface area contributed by atoms with Crippen LogP contribution in [0.25, 0.3) is 0 Å². The lowest BCUT2D eigenvalue weighted by Crippen LogP contribution is -2.24. The molecular formula is C9H2BrF7O. The Labute approximate surface area is 104 Å². The number of rotatable bonds is 1. The standard InChI is InChI=1S/C9H2BrF7O/c10-5-2-3(8(12,13)14)1-4(6(5)11)7(18)9(15,16)17/h1-2H. The van der Waals surface area contributed by atoms with Crippen LogP contribution in [0.2, 0.25) is 0 Å². The number of halogens is 8. The van der Waals surface area contributed by atoms with Crippen molar-refractivity contribution in [1.82, 2.24) is 0 Å². The van der Waals surface area contributed by atoms with Crippen LogP contribution in [-0.2, 0) is 6.18 Å². The number of hydrogen-bond donors (Lipinski definition) is 0. The van der Waals surface area contributed by atoms with Gasteiger partial charge in [0.1, 0.15) is 5.82 Å². The maximum absolute atomic E-state index is 13.2. The summed E-state index contributed by atoms with van der Waals surface area (Å²) in [7, 11) is 0. The van der Waals surface area contributed by atoms with Crippen molar-refractivity contribution in [2.24, 2.45) is 0 Å². The van der Waals surface area contributed by atoms with Crippen LogP contribution in [0, 0.1) is 5.82 Å². The van der Waals surface area contributed by atoms with E-state index in [2.05, 4.69) is 15.9 Å². The largest absolute Gasteiger partial charge is 0.454 e. The van der Waals surface area contributed by atoms with E-state index in [4.69, 9.17) is 0 Å². The first-order valence-corrected chi connectivity index (χ1v) is 4.91. The van der Waals surface area contributed by atoms with Crippen molar-refractivity contribution in [2.45, 2.75) is 12.4 Å². The maximum Gasteiger partial charge on any atom is 0.454 e. The van der Waals surface area contributed by atoms with Crippen LogP contribution < -0.4 is 0 Å². The third-order valence-corrected chi connectivity index (χ3v) is 2.43. The second-order valence-corrected chi connectivity index (χ2v) is 4.00. The smallest absolute Gasteiger partial charge is 0.284 e. The molecule has 0 aliphatic rings. The van der Waals surface area contributed by atoms with Crippen LogP contribution in [-0.4, -0.2) is 12.0 Å². The average molecular weight is 339 g/mol. The third-order valence-electron chi connectivity index (χ3n) is 1.86. The zero-order valence-electron chi connectivity index (χ0n) is 8.09. The van der Waals surface area contributed by atoms with Crippen LogP contribution in [0.15, 0.2) is 16.6 Å². The Bertz CT molecular complexity index is 489. The molecular weight excluding hydrogens is 337 g/mol. The van der Waals surface area contributed by atoms with Crippen molar-refractivity contribution in [2.75, 3.05) is 0 Å². The minimum absolute atomic E-state index is 0.171. The van der Waals surface area contributed by atoms with Crippen molar-refractivity contribution in [3.8, 4) is 0 Å². The number of hydrogen-bond acceptors (Lipinski definition) is 1. The van der Waals surface area contributed by atoms with Crippen LogP contribution >= 0.6 is 15.9 Å². The summed E-state index contributed by atoms with van der Waals surface area (Å²) in [6, 6.07) is 0.0818. The predicted molar refractivity (Wildman–Crippen MR) is 49.5 cm³/mol. The fourth-order valence-electron chi connectivity index (χ4n) is 1.07. The summed E-state index contributed by atoms with van der Waals surface area (Å²) in [6.45, 7) is 0. The molecule has 0 bridgehead atoms. The van der Waals surface area contributed by atoms with Crippen LogP contribution in [0.5, 0.6) is 0 Å². The highest BCUT2D eigenvalue weighted by Gasteiger charge is 2.42. The van der Waals surface area contributed by atoms with E-state index in [0.29, 0.717) is 0 Å². The zero-order valence-corrected chi connectivity index (χ0v) is 9.67. The summed E-state index contributed by atoms with van der Waals surface area (Å²) in [5.41, 5.74) is -3.23. The Morgan fingerprint density at radius 3 is 1.94 bits per heavy atom. The first-order valence-electron chi connectivity index (χ1n) is 4.12.